The molecule has 0 aliphatic heterocycles. The van der Waals surface area contributed by atoms with Crippen LogP contribution in [0.3, 0.4) is 0 Å². The molecule has 2 aromatic heterocycles. The van der Waals surface area contributed by atoms with Crippen LogP contribution >= 0.6 is 0 Å². The zero-order valence-electron chi connectivity index (χ0n) is 12.4. The molecule has 0 fully saturated rings. The van der Waals surface area contributed by atoms with Gasteiger partial charge in [0.15, 0.2) is 0 Å². The van der Waals surface area contributed by atoms with Gasteiger partial charge in [-0.15, -0.1) is 0 Å². The monoisotopic (exact) mass is 281 g/mol. The molecule has 0 amide bonds. The zero-order chi connectivity index (χ0) is 14.8. The molecule has 4 heteroatoms. The third kappa shape index (κ3) is 2.49. The van der Waals surface area contributed by atoms with Crippen LogP contribution in [0.1, 0.15) is 24.7 Å². The van der Waals surface area contributed by atoms with Crippen LogP contribution in [0.15, 0.2) is 47.5 Å². The lowest BCUT2D eigenvalue weighted by Gasteiger charge is -2.11. The number of hydrogen-bond acceptors (Lipinski definition) is 2. The molecule has 3 rings (SSSR count). The van der Waals surface area contributed by atoms with Crippen LogP contribution in [0.25, 0.3) is 10.9 Å². The first-order valence-corrected chi connectivity index (χ1v) is 7.28. The average Bonchev–Trinajstić information content (AvgIpc) is 2.92. The first kappa shape index (κ1) is 13.6. The van der Waals surface area contributed by atoms with Gasteiger partial charge in [-0.25, -0.2) is 4.98 Å². The lowest BCUT2D eigenvalue weighted by molar-refractivity contribution is 0.695. The Balaban J connectivity index is 2.06. The third-order valence-corrected chi connectivity index (χ3v) is 3.82. The van der Waals surface area contributed by atoms with E-state index in [-0.39, 0.29) is 5.56 Å². The molecule has 2 heterocycles. The number of nitrogens with zero attached hydrogens (tertiary/aromatic N) is 3. The van der Waals surface area contributed by atoms with Crippen LogP contribution in [-0.2, 0) is 20.0 Å². The maximum absolute atomic E-state index is 12.5. The second-order valence-corrected chi connectivity index (χ2v) is 5.31. The number of hydrogen-bond donors (Lipinski definition) is 0. The molecule has 0 spiro atoms. The Bertz CT molecular complexity index is 829. The minimum Gasteiger partial charge on any atom is -0.330 e. The van der Waals surface area contributed by atoms with Crippen molar-refractivity contribution >= 4 is 10.9 Å². The molecular formula is C17H19N3O. The van der Waals surface area contributed by atoms with Crippen LogP contribution in [0.2, 0.25) is 0 Å². The molecule has 4 nitrogen and oxygen atoms in total. The van der Waals surface area contributed by atoms with Gasteiger partial charge in [0, 0.05) is 31.4 Å². The van der Waals surface area contributed by atoms with Crippen molar-refractivity contribution in [1.29, 1.82) is 0 Å². The van der Waals surface area contributed by atoms with E-state index >= 15 is 0 Å². The minimum absolute atomic E-state index is 0.0600. The van der Waals surface area contributed by atoms with Crippen molar-refractivity contribution in [2.45, 2.75) is 26.3 Å². The highest BCUT2D eigenvalue weighted by molar-refractivity contribution is 5.79. The van der Waals surface area contributed by atoms with Crippen molar-refractivity contribution in [2.24, 2.45) is 7.05 Å². The second-order valence-electron chi connectivity index (χ2n) is 5.31. The number of benzene rings is 1. The van der Waals surface area contributed by atoms with Crippen molar-refractivity contribution in [3.63, 3.8) is 0 Å². The van der Waals surface area contributed by atoms with Gasteiger partial charge >= 0.3 is 0 Å². The maximum Gasteiger partial charge on any atom is 0.255 e. The molecule has 0 atom stereocenters. The van der Waals surface area contributed by atoms with E-state index in [9.17, 15) is 4.79 Å². The molecule has 0 N–H and O–H groups in total. The molecule has 1 aromatic carbocycles. The summed E-state index contributed by atoms with van der Waals surface area (Å²) in [5.74, 6) is 1.03. The summed E-state index contributed by atoms with van der Waals surface area (Å²) in [6.45, 7) is 2.71. The van der Waals surface area contributed by atoms with Gasteiger partial charge in [0.05, 0.1) is 12.1 Å². The van der Waals surface area contributed by atoms with Gasteiger partial charge in [-0.1, -0.05) is 25.1 Å². The lowest BCUT2D eigenvalue weighted by Crippen LogP contribution is -2.23. The topological polar surface area (TPSA) is 39.8 Å². The van der Waals surface area contributed by atoms with Crippen molar-refractivity contribution < 1.29 is 0 Å². The molecule has 0 radical (unpaired) electrons. The average molecular weight is 281 g/mol. The number of rotatable bonds is 4. The molecule has 0 bridgehead atoms. The fraction of sp³-hybridized carbons (Fsp3) is 0.294. The number of pyridine rings is 1. The standard InChI is InChI=1S/C17H19N3O/c1-3-6-16-18-9-10-20(16)12-14-11-13-7-4-5-8-15(13)19(2)17(14)21/h4-5,7-11H,3,6,12H2,1-2H3. The van der Waals surface area contributed by atoms with Crippen molar-refractivity contribution in [3.8, 4) is 0 Å². The van der Waals surface area contributed by atoms with E-state index in [1.54, 1.807) is 10.8 Å². The summed E-state index contributed by atoms with van der Waals surface area (Å²) in [6, 6.07) is 9.96. The van der Waals surface area contributed by atoms with Crippen LogP contribution in [0.4, 0.5) is 0 Å². The molecule has 3 aromatic rings. The van der Waals surface area contributed by atoms with E-state index in [4.69, 9.17) is 0 Å². The SMILES string of the molecule is CCCc1nccn1Cc1cc2ccccc2n(C)c1=O. The Morgan fingerprint density at radius 3 is 2.86 bits per heavy atom. The quantitative estimate of drug-likeness (QED) is 0.737. The minimum atomic E-state index is 0.0600. The number of para-hydroxylation sites is 1. The van der Waals surface area contributed by atoms with E-state index < -0.39 is 0 Å². The molecule has 0 saturated heterocycles. The Kier molecular flexibility index (Phi) is 3.60. The van der Waals surface area contributed by atoms with Gasteiger partial charge in [-0.2, -0.15) is 0 Å². The third-order valence-electron chi connectivity index (χ3n) is 3.82. The van der Waals surface area contributed by atoms with Gasteiger partial charge in [-0.05, 0) is 23.9 Å². The Hall–Kier alpha value is -2.36. The first-order valence-electron chi connectivity index (χ1n) is 7.28. The number of imidazole rings is 1. The number of aryl methyl sites for hydroxylation is 2. The second kappa shape index (κ2) is 5.56. The summed E-state index contributed by atoms with van der Waals surface area (Å²) in [5.41, 5.74) is 1.82. The van der Waals surface area contributed by atoms with E-state index in [0.29, 0.717) is 6.54 Å². The van der Waals surface area contributed by atoms with Crippen LogP contribution < -0.4 is 5.56 Å². The molecule has 0 aliphatic carbocycles. The maximum atomic E-state index is 12.5. The molecular weight excluding hydrogens is 262 g/mol. The van der Waals surface area contributed by atoms with Crippen LogP contribution in [-0.4, -0.2) is 14.1 Å². The highest BCUT2D eigenvalue weighted by atomic mass is 16.1. The first-order chi connectivity index (χ1) is 10.2. The van der Waals surface area contributed by atoms with Gasteiger partial charge < -0.3 is 9.13 Å². The largest absolute Gasteiger partial charge is 0.330 e. The summed E-state index contributed by atoms with van der Waals surface area (Å²) in [6.07, 6.45) is 5.73. The number of fused-ring (bicyclic) bond motifs is 1. The number of aromatic nitrogens is 3. The van der Waals surface area contributed by atoms with Crippen LogP contribution in [0, 0.1) is 0 Å². The normalized spacial score (nSPS) is 11.1. The highest BCUT2D eigenvalue weighted by Crippen LogP contribution is 2.13. The highest BCUT2D eigenvalue weighted by Gasteiger charge is 2.09. The van der Waals surface area contributed by atoms with E-state index in [0.717, 1.165) is 35.1 Å². The van der Waals surface area contributed by atoms with Gasteiger partial charge in [-0.3, -0.25) is 4.79 Å². The molecule has 21 heavy (non-hydrogen) atoms. The van der Waals surface area contributed by atoms with E-state index in [1.165, 1.54) is 0 Å². The Morgan fingerprint density at radius 1 is 1.24 bits per heavy atom. The summed E-state index contributed by atoms with van der Waals surface area (Å²) in [5, 5.41) is 1.09. The summed E-state index contributed by atoms with van der Waals surface area (Å²) in [7, 11) is 1.83. The van der Waals surface area contributed by atoms with Crippen LogP contribution in [0.5, 0.6) is 0 Å². The fourth-order valence-electron chi connectivity index (χ4n) is 2.72. The predicted molar refractivity (Wildman–Crippen MR) is 84.5 cm³/mol. The Morgan fingerprint density at radius 2 is 2.05 bits per heavy atom. The summed E-state index contributed by atoms with van der Waals surface area (Å²) < 4.78 is 3.79. The molecule has 108 valence electrons. The summed E-state index contributed by atoms with van der Waals surface area (Å²) >= 11 is 0. The van der Waals surface area contributed by atoms with E-state index in [2.05, 4.69) is 16.5 Å². The molecule has 0 saturated carbocycles. The predicted octanol–water partition coefficient (Wildman–Crippen LogP) is 2.74. The van der Waals surface area contributed by atoms with Crippen molar-refractivity contribution in [3.05, 3.63) is 64.5 Å². The summed E-state index contributed by atoms with van der Waals surface area (Å²) in [4.78, 5) is 16.9. The Labute approximate surface area is 123 Å². The molecule has 0 aliphatic rings. The van der Waals surface area contributed by atoms with E-state index in [1.807, 2.05) is 43.6 Å². The lowest BCUT2D eigenvalue weighted by atomic mass is 10.1. The van der Waals surface area contributed by atoms with Gasteiger partial charge in [0.1, 0.15) is 5.82 Å². The fourth-order valence-corrected chi connectivity index (χ4v) is 2.72. The van der Waals surface area contributed by atoms with Gasteiger partial charge in [0.2, 0.25) is 0 Å². The molecule has 0 unspecified atom stereocenters. The zero-order valence-corrected chi connectivity index (χ0v) is 12.4. The van der Waals surface area contributed by atoms with Gasteiger partial charge in [0.25, 0.3) is 5.56 Å². The van der Waals surface area contributed by atoms with Crippen molar-refractivity contribution in [1.82, 2.24) is 14.1 Å². The smallest absolute Gasteiger partial charge is 0.255 e. The van der Waals surface area contributed by atoms with Crippen molar-refractivity contribution in [2.75, 3.05) is 0 Å².